The van der Waals surface area contributed by atoms with Gasteiger partial charge in [0.15, 0.2) is 0 Å². The number of nitrogens with zero attached hydrogens (tertiary/aromatic N) is 2. The molecule has 1 fully saturated rings. The van der Waals surface area contributed by atoms with Crippen LogP contribution >= 0.6 is 0 Å². The zero-order valence-corrected chi connectivity index (χ0v) is 8.92. The molecule has 3 nitrogen and oxygen atoms in total. The van der Waals surface area contributed by atoms with Gasteiger partial charge in [-0.2, -0.15) is 0 Å². The lowest BCUT2D eigenvalue weighted by Crippen LogP contribution is -2.54. The van der Waals surface area contributed by atoms with E-state index in [1.807, 2.05) is 7.05 Å². The van der Waals surface area contributed by atoms with Crippen molar-refractivity contribution in [3.63, 3.8) is 0 Å². The minimum absolute atomic E-state index is 0.125. The van der Waals surface area contributed by atoms with E-state index in [1.54, 1.807) is 6.92 Å². The minimum Gasteiger partial charge on any atom is -0.300 e. The molecular formula is C10H20N2O. The summed E-state index contributed by atoms with van der Waals surface area (Å²) in [5.41, 5.74) is 0. The maximum Gasteiger partial charge on any atom is 0.148 e. The molecule has 0 bridgehead atoms. The fourth-order valence-electron chi connectivity index (χ4n) is 1.89. The minimum atomic E-state index is 0.125. The van der Waals surface area contributed by atoms with E-state index in [9.17, 15) is 4.79 Å². The third-order valence-electron chi connectivity index (χ3n) is 2.74. The van der Waals surface area contributed by atoms with E-state index in [0.717, 1.165) is 26.2 Å². The van der Waals surface area contributed by atoms with Crippen molar-refractivity contribution >= 4 is 5.78 Å². The van der Waals surface area contributed by atoms with Crippen LogP contribution in [0, 0.1) is 0 Å². The van der Waals surface area contributed by atoms with E-state index in [0.29, 0.717) is 5.78 Å². The van der Waals surface area contributed by atoms with Crippen molar-refractivity contribution in [1.29, 1.82) is 0 Å². The molecule has 13 heavy (non-hydrogen) atoms. The highest BCUT2D eigenvalue weighted by Gasteiger charge is 2.26. The maximum absolute atomic E-state index is 11.3. The number of rotatable bonds is 3. The van der Waals surface area contributed by atoms with Crippen LogP contribution in [0.4, 0.5) is 0 Å². The zero-order valence-electron chi connectivity index (χ0n) is 8.92. The topological polar surface area (TPSA) is 23.6 Å². The van der Waals surface area contributed by atoms with Gasteiger partial charge >= 0.3 is 0 Å². The predicted octanol–water partition coefficient (Wildman–Crippen LogP) is 0.601. The number of hydrogen-bond acceptors (Lipinski definition) is 3. The van der Waals surface area contributed by atoms with Gasteiger partial charge in [-0.15, -0.1) is 0 Å². The summed E-state index contributed by atoms with van der Waals surface area (Å²) in [6.45, 7) is 8.04. The maximum atomic E-state index is 11.3. The molecule has 0 radical (unpaired) electrons. The van der Waals surface area contributed by atoms with Gasteiger partial charge in [-0.25, -0.2) is 0 Å². The van der Waals surface area contributed by atoms with Gasteiger partial charge in [0.1, 0.15) is 5.78 Å². The van der Waals surface area contributed by atoms with E-state index in [4.69, 9.17) is 0 Å². The van der Waals surface area contributed by atoms with E-state index >= 15 is 0 Å². The monoisotopic (exact) mass is 184 g/mol. The van der Waals surface area contributed by atoms with Crippen molar-refractivity contribution in [2.75, 3.05) is 33.2 Å². The second kappa shape index (κ2) is 4.72. The third kappa shape index (κ3) is 2.78. The average molecular weight is 184 g/mol. The van der Waals surface area contributed by atoms with Crippen LogP contribution in [-0.4, -0.2) is 54.9 Å². The standard InChI is InChI=1S/C10H20N2O/c1-4-5-12-7-6-11(3)10(8-12)9(2)13/h10H,4-8H2,1-3H3/t10-/m0/s1. The molecule has 0 aromatic rings. The Bertz CT molecular complexity index is 182. The Morgan fingerprint density at radius 2 is 2.15 bits per heavy atom. The quantitative estimate of drug-likeness (QED) is 0.642. The molecule has 1 rings (SSSR count). The second-order valence-corrected chi connectivity index (χ2v) is 3.91. The summed E-state index contributed by atoms with van der Waals surface area (Å²) in [6.07, 6.45) is 1.17. The van der Waals surface area contributed by atoms with Gasteiger partial charge in [-0.3, -0.25) is 9.69 Å². The molecule has 0 N–H and O–H groups in total. The molecule has 0 spiro atoms. The highest BCUT2D eigenvalue weighted by atomic mass is 16.1. The molecule has 0 saturated carbocycles. The van der Waals surface area contributed by atoms with E-state index in [-0.39, 0.29) is 6.04 Å². The smallest absolute Gasteiger partial charge is 0.148 e. The SMILES string of the molecule is CCCN1CCN(C)[C@H](C(C)=O)C1. The van der Waals surface area contributed by atoms with Gasteiger partial charge in [0.05, 0.1) is 6.04 Å². The first-order valence-electron chi connectivity index (χ1n) is 5.08. The van der Waals surface area contributed by atoms with Gasteiger partial charge in [0.25, 0.3) is 0 Å². The van der Waals surface area contributed by atoms with Gasteiger partial charge in [-0.05, 0) is 26.9 Å². The first kappa shape index (κ1) is 10.7. The second-order valence-electron chi connectivity index (χ2n) is 3.91. The zero-order chi connectivity index (χ0) is 9.84. The van der Waals surface area contributed by atoms with Crippen molar-refractivity contribution < 1.29 is 4.79 Å². The molecule has 3 heteroatoms. The first-order chi connectivity index (χ1) is 6.15. The predicted molar refractivity (Wildman–Crippen MR) is 53.8 cm³/mol. The fraction of sp³-hybridized carbons (Fsp3) is 0.900. The van der Waals surface area contributed by atoms with Gasteiger partial charge in [-0.1, -0.05) is 6.92 Å². The molecule has 1 aliphatic heterocycles. The highest BCUT2D eigenvalue weighted by Crippen LogP contribution is 2.08. The summed E-state index contributed by atoms with van der Waals surface area (Å²) in [7, 11) is 2.04. The molecule has 0 aromatic heterocycles. The summed E-state index contributed by atoms with van der Waals surface area (Å²) >= 11 is 0. The third-order valence-corrected chi connectivity index (χ3v) is 2.74. The molecule has 0 amide bonds. The largest absolute Gasteiger partial charge is 0.300 e. The Labute approximate surface area is 80.7 Å². The number of carbonyl (C=O) groups is 1. The molecule has 0 aromatic carbocycles. The van der Waals surface area contributed by atoms with Crippen LogP contribution in [0.5, 0.6) is 0 Å². The van der Waals surface area contributed by atoms with Crippen molar-refractivity contribution in [3.05, 3.63) is 0 Å². The fourth-order valence-corrected chi connectivity index (χ4v) is 1.89. The lowest BCUT2D eigenvalue weighted by Gasteiger charge is -2.38. The van der Waals surface area contributed by atoms with E-state index in [1.165, 1.54) is 6.42 Å². The van der Waals surface area contributed by atoms with Gasteiger partial charge in [0, 0.05) is 19.6 Å². The molecule has 1 heterocycles. The van der Waals surface area contributed by atoms with Crippen LogP contribution < -0.4 is 0 Å². The molecule has 0 aliphatic carbocycles. The molecule has 76 valence electrons. The molecule has 1 saturated heterocycles. The Balaban J connectivity index is 2.47. The summed E-state index contributed by atoms with van der Waals surface area (Å²) in [5.74, 6) is 0.295. The van der Waals surface area contributed by atoms with E-state index in [2.05, 4.69) is 16.7 Å². The van der Waals surface area contributed by atoms with Crippen molar-refractivity contribution in [3.8, 4) is 0 Å². The van der Waals surface area contributed by atoms with Crippen LogP contribution in [0.2, 0.25) is 0 Å². The summed E-state index contributed by atoms with van der Waals surface area (Å²) in [5, 5.41) is 0. The summed E-state index contributed by atoms with van der Waals surface area (Å²) in [6, 6.07) is 0.125. The van der Waals surface area contributed by atoms with E-state index < -0.39 is 0 Å². The van der Waals surface area contributed by atoms with Crippen LogP contribution in [0.25, 0.3) is 0 Å². The normalized spacial score (nSPS) is 26.2. The van der Waals surface area contributed by atoms with Crippen molar-refractivity contribution in [1.82, 2.24) is 9.80 Å². The lowest BCUT2D eigenvalue weighted by atomic mass is 10.1. The molecular weight excluding hydrogens is 164 g/mol. The number of Topliss-reactive ketones (excluding diaryl/α,β-unsaturated/α-hetero) is 1. The number of piperazine rings is 1. The first-order valence-corrected chi connectivity index (χ1v) is 5.08. The Kier molecular flexibility index (Phi) is 3.88. The number of likely N-dealkylation sites (N-methyl/N-ethyl adjacent to an activating group) is 1. The van der Waals surface area contributed by atoms with Crippen LogP contribution in [0.15, 0.2) is 0 Å². The number of carbonyl (C=O) groups excluding carboxylic acids is 1. The number of ketones is 1. The Morgan fingerprint density at radius 3 is 2.69 bits per heavy atom. The van der Waals surface area contributed by atoms with Crippen molar-refractivity contribution in [2.24, 2.45) is 0 Å². The summed E-state index contributed by atoms with van der Waals surface area (Å²) < 4.78 is 0. The average Bonchev–Trinajstić information content (AvgIpc) is 2.08. The van der Waals surface area contributed by atoms with Gasteiger partial charge < -0.3 is 4.90 Å². The van der Waals surface area contributed by atoms with Crippen LogP contribution in [0.1, 0.15) is 20.3 Å². The highest BCUT2D eigenvalue weighted by molar-refractivity contribution is 5.81. The Morgan fingerprint density at radius 1 is 1.46 bits per heavy atom. The van der Waals surface area contributed by atoms with Crippen LogP contribution in [0.3, 0.4) is 0 Å². The molecule has 0 unspecified atom stereocenters. The number of hydrogen-bond donors (Lipinski definition) is 0. The van der Waals surface area contributed by atoms with Crippen molar-refractivity contribution in [2.45, 2.75) is 26.3 Å². The lowest BCUT2D eigenvalue weighted by molar-refractivity contribution is -0.123. The summed E-state index contributed by atoms with van der Waals surface area (Å²) in [4.78, 5) is 15.8. The molecule has 1 atom stereocenters. The van der Waals surface area contributed by atoms with Crippen LogP contribution in [-0.2, 0) is 4.79 Å². The Hall–Kier alpha value is -0.410. The van der Waals surface area contributed by atoms with Gasteiger partial charge in [0.2, 0.25) is 0 Å². The molecule has 1 aliphatic rings.